The first-order chi connectivity index (χ1) is 16.9. The maximum Gasteiger partial charge on any atom is 0.322 e. The molecule has 184 valence electrons. The number of aryl methyl sites for hydroxylation is 1. The third kappa shape index (κ3) is 5.78. The highest BCUT2D eigenvalue weighted by Crippen LogP contribution is 2.31. The number of aliphatic carboxylic acids is 1. The number of carboxylic acids is 1. The van der Waals surface area contributed by atoms with Gasteiger partial charge in [0.25, 0.3) is 5.91 Å². The van der Waals surface area contributed by atoms with Gasteiger partial charge in [-0.2, -0.15) is 5.10 Å². The van der Waals surface area contributed by atoms with Gasteiger partial charge in [-0.3, -0.25) is 14.3 Å². The second kappa shape index (κ2) is 11.0. The summed E-state index contributed by atoms with van der Waals surface area (Å²) in [5, 5.41) is 18.9. The number of aromatic nitrogens is 3. The Labute approximate surface area is 203 Å². The minimum Gasteiger partial charge on any atom is -0.493 e. The van der Waals surface area contributed by atoms with Gasteiger partial charge >= 0.3 is 5.97 Å². The van der Waals surface area contributed by atoms with Gasteiger partial charge in [-0.25, -0.2) is 4.98 Å². The van der Waals surface area contributed by atoms with Crippen LogP contribution in [-0.2, 0) is 18.3 Å². The molecule has 0 aliphatic carbocycles. The first kappa shape index (κ1) is 24.2. The normalized spacial score (nSPS) is 13.5. The van der Waals surface area contributed by atoms with E-state index in [4.69, 9.17) is 9.84 Å². The number of nitrogens with zero attached hydrogens (tertiary/aromatic N) is 4. The van der Waals surface area contributed by atoms with Gasteiger partial charge in [0.2, 0.25) is 0 Å². The highest BCUT2D eigenvalue weighted by Gasteiger charge is 2.20. The zero-order valence-corrected chi connectivity index (χ0v) is 20.0. The molecular formula is C25H30N6O4. The molecular weight excluding hydrogens is 448 g/mol. The van der Waals surface area contributed by atoms with E-state index in [0.29, 0.717) is 13.0 Å². The smallest absolute Gasteiger partial charge is 0.322 e. The lowest BCUT2D eigenvalue weighted by molar-refractivity contribution is -0.135. The molecule has 1 aromatic carbocycles. The van der Waals surface area contributed by atoms with Crippen LogP contribution >= 0.6 is 0 Å². The maximum absolute atomic E-state index is 12.5. The number of para-hydroxylation sites is 1. The van der Waals surface area contributed by atoms with E-state index >= 15 is 0 Å². The average Bonchev–Trinajstić information content (AvgIpc) is 3.17. The number of hydrogen-bond donors (Lipinski definition) is 3. The number of benzene rings is 1. The fourth-order valence-corrected chi connectivity index (χ4v) is 4.12. The Kier molecular flexibility index (Phi) is 7.61. The quantitative estimate of drug-likeness (QED) is 0.424. The van der Waals surface area contributed by atoms with Gasteiger partial charge < -0.3 is 25.4 Å². The monoisotopic (exact) mass is 478 g/mol. The number of piperazine rings is 1. The van der Waals surface area contributed by atoms with Gasteiger partial charge in [0, 0.05) is 62.7 Å². The maximum atomic E-state index is 12.5. The van der Waals surface area contributed by atoms with E-state index in [1.165, 1.54) is 0 Å². The number of carbonyl (C=O) groups excluding carboxylic acids is 1. The average molecular weight is 479 g/mol. The van der Waals surface area contributed by atoms with Crippen molar-refractivity contribution in [2.75, 3.05) is 44.2 Å². The predicted octanol–water partition coefficient (Wildman–Crippen LogP) is 1.64. The summed E-state index contributed by atoms with van der Waals surface area (Å²) in [6.07, 6.45) is 2.27. The van der Waals surface area contributed by atoms with Crippen molar-refractivity contribution in [3.63, 3.8) is 0 Å². The van der Waals surface area contributed by atoms with Crippen molar-refractivity contribution in [1.82, 2.24) is 25.4 Å². The molecule has 0 saturated carbocycles. The van der Waals surface area contributed by atoms with Gasteiger partial charge in [0.1, 0.15) is 18.1 Å². The van der Waals surface area contributed by atoms with Gasteiger partial charge in [0.05, 0.1) is 6.61 Å². The summed E-state index contributed by atoms with van der Waals surface area (Å²) < 4.78 is 7.79. The molecule has 0 spiro atoms. The number of carbonyl (C=O) groups is 2. The first-order valence-corrected chi connectivity index (χ1v) is 11.6. The van der Waals surface area contributed by atoms with Gasteiger partial charge in [-0.1, -0.05) is 18.2 Å². The second-order valence-electron chi connectivity index (χ2n) is 8.35. The molecule has 4 rings (SSSR count). The van der Waals surface area contributed by atoms with Crippen LogP contribution in [0.2, 0.25) is 0 Å². The standard InChI is InChI=1S/C25H30N6O4/c1-17-19(24(29-30(17)2)25(34)28-16-23(32)33)8-14-35-21-6-4-3-5-20(21)18-7-9-27-22(15-18)31-12-10-26-11-13-31/h3-7,9,15,26H,8,10-14,16H2,1-2H3,(H,28,34)(H,32,33). The van der Waals surface area contributed by atoms with Crippen molar-refractivity contribution < 1.29 is 19.4 Å². The summed E-state index contributed by atoms with van der Waals surface area (Å²) in [6, 6.07) is 11.9. The molecule has 1 fully saturated rings. The molecule has 1 aliphatic heterocycles. The molecule has 1 amide bonds. The van der Waals surface area contributed by atoms with Gasteiger partial charge in [-0.15, -0.1) is 0 Å². The number of nitrogens with one attached hydrogen (secondary N) is 2. The van der Waals surface area contributed by atoms with E-state index in [9.17, 15) is 9.59 Å². The zero-order chi connectivity index (χ0) is 24.8. The Bertz CT molecular complexity index is 1200. The summed E-state index contributed by atoms with van der Waals surface area (Å²) in [5.74, 6) is 0.0672. The molecule has 10 nitrogen and oxygen atoms in total. The molecule has 3 heterocycles. The van der Waals surface area contributed by atoms with Crippen LogP contribution in [0, 0.1) is 6.92 Å². The van der Waals surface area contributed by atoms with Crippen LogP contribution in [0.4, 0.5) is 5.82 Å². The number of anilines is 1. The fraction of sp³-hybridized carbons (Fsp3) is 0.360. The van der Waals surface area contributed by atoms with Crippen LogP contribution in [0.3, 0.4) is 0 Å². The fourth-order valence-electron chi connectivity index (χ4n) is 4.12. The minimum absolute atomic E-state index is 0.220. The molecule has 3 N–H and O–H groups in total. The number of amides is 1. The van der Waals surface area contributed by atoms with Crippen molar-refractivity contribution in [2.45, 2.75) is 13.3 Å². The van der Waals surface area contributed by atoms with Crippen LogP contribution in [0.5, 0.6) is 5.75 Å². The summed E-state index contributed by atoms with van der Waals surface area (Å²) in [6.45, 7) is 5.46. The van der Waals surface area contributed by atoms with Crippen LogP contribution in [0.1, 0.15) is 21.7 Å². The summed E-state index contributed by atoms with van der Waals surface area (Å²) in [7, 11) is 1.75. The molecule has 3 aromatic rings. The highest BCUT2D eigenvalue weighted by atomic mass is 16.5. The molecule has 0 atom stereocenters. The van der Waals surface area contributed by atoms with Crippen molar-refractivity contribution in [3.8, 4) is 16.9 Å². The third-order valence-electron chi connectivity index (χ3n) is 6.07. The summed E-state index contributed by atoms with van der Waals surface area (Å²) >= 11 is 0. The molecule has 10 heteroatoms. The molecule has 1 aliphatic rings. The summed E-state index contributed by atoms with van der Waals surface area (Å²) in [5.41, 5.74) is 3.77. The van der Waals surface area contributed by atoms with Crippen molar-refractivity contribution in [3.05, 3.63) is 59.5 Å². The number of ether oxygens (including phenoxy) is 1. The van der Waals surface area contributed by atoms with Gasteiger partial charge in [-0.05, 0) is 30.7 Å². The molecule has 0 radical (unpaired) electrons. The zero-order valence-electron chi connectivity index (χ0n) is 20.0. The van der Waals surface area contributed by atoms with E-state index < -0.39 is 18.4 Å². The van der Waals surface area contributed by atoms with E-state index in [0.717, 1.165) is 60.1 Å². The Morgan fingerprint density at radius 2 is 1.97 bits per heavy atom. The van der Waals surface area contributed by atoms with E-state index in [1.807, 2.05) is 43.5 Å². The van der Waals surface area contributed by atoms with E-state index in [-0.39, 0.29) is 5.69 Å². The number of carboxylic acid groups (broad SMARTS) is 1. The van der Waals surface area contributed by atoms with E-state index in [2.05, 4.69) is 31.7 Å². The van der Waals surface area contributed by atoms with Crippen molar-refractivity contribution in [2.24, 2.45) is 7.05 Å². The molecule has 0 unspecified atom stereocenters. The largest absolute Gasteiger partial charge is 0.493 e. The van der Waals surface area contributed by atoms with Gasteiger partial charge in [0.15, 0.2) is 5.69 Å². The SMILES string of the molecule is Cc1c(CCOc2ccccc2-c2ccnc(N3CCNCC3)c2)c(C(=O)NCC(=O)O)nn1C. The second-order valence-corrected chi connectivity index (χ2v) is 8.35. The van der Waals surface area contributed by atoms with Crippen LogP contribution < -0.4 is 20.3 Å². The molecule has 2 aromatic heterocycles. The lowest BCUT2D eigenvalue weighted by Gasteiger charge is -2.28. The lowest BCUT2D eigenvalue weighted by Crippen LogP contribution is -2.43. The third-order valence-corrected chi connectivity index (χ3v) is 6.07. The predicted molar refractivity (Wildman–Crippen MR) is 132 cm³/mol. The minimum atomic E-state index is -1.11. The van der Waals surface area contributed by atoms with E-state index in [1.54, 1.807) is 11.7 Å². The number of pyridine rings is 1. The Hall–Kier alpha value is -3.92. The Morgan fingerprint density at radius 1 is 1.20 bits per heavy atom. The topological polar surface area (TPSA) is 122 Å². The number of rotatable bonds is 9. The Morgan fingerprint density at radius 3 is 2.74 bits per heavy atom. The summed E-state index contributed by atoms with van der Waals surface area (Å²) in [4.78, 5) is 30.1. The highest BCUT2D eigenvalue weighted by molar-refractivity contribution is 5.95. The van der Waals surface area contributed by atoms with Crippen LogP contribution in [-0.4, -0.2) is 71.1 Å². The number of hydrogen-bond acceptors (Lipinski definition) is 7. The first-order valence-electron chi connectivity index (χ1n) is 11.6. The molecule has 0 bridgehead atoms. The van der Waals surface area contributed by atoms with Crippen molar-refractivity contribution >= 4 is 17.7 Å². The van der Waals surface area contributed by atoms with Crippen LogP contribution in [0.15, 0.2) is 42.6 Å². The lowest BCUT2D eigenvalue weighted by atomic mass is 10.1. The molecule has 1 saturated heterocycles. The Balaban J connectivity index is 1.48. The van der Waals surface area contributed by atoms with Crippen molar-refractivity contribution in [1.29, 1.82) is 0 Å². The van der Waals surface area contributed by atoms with Crippen LogP contribution in [0.25, 0.3) is 11.1 Å². The molecule has 35 heavy (non-hydrogen) atoms.